The van der Waals surface area contributed by atoms with Crippen LogP contribution in [0.1, 0.15) is 65.0 Å². The van der Waals surface area contributed by atoms with Crippen molar-refractivity contribution in [1.82, 2.24) is 14.9 Å². The highest BCUT2D eigenvalue weighted by molar-refractivity contribution is 7.89. The summed E-state index contributed by atoms with van der Waals surface area (Å²) < 4.78 is 42.7. The minimum atomic E-state index is -3.98. The first kappa shape index (κ1) is 40.5. The summed E-state index contributed by atoms with van der Waals surface area (Å²) >= 11 is 0. The second-order valence-electron chi connectivity index (χ2n) is 15.0. The molecule has 1 amide bonds. The molecule has 0 radical (unpaired) electrons. The van der Waals surface area contributed by atoms with Crippen LogP contribution in [0.3, 0.4) is 0 Å². The zero-order chi connectivity index (χ0) is 39.8. The van der Waals surface area contributed by atoms with Gasteiger partial charge in [-0.2, -0.15) is 4.72 Å². The number of nitrogens with one attached hydrogen (secondary N) is 2. The highest BCUT2D eigenvalue weighted by atomic mass is 32.2. The van der Waals surface area contributed by atoms with E-state index in [1.54, 1.807) is 24.3 Å². The first-order valence-corrected chi connectivity index (χ1v) is 21.1. The maximum absolute atomic E-state index is 13.8. The number of aryl methyl sites for hydroxylation is 1. The van der Waals surface area contributed by atoms with Crippen molar-refractivity contribution in [3.63, 3.8) is 0 Å². The molecule has 2 heterocycles. The van der Waals surface area contributed by atoms with Gasteiger partial charge in [0.1, 0.15) is 6.04 Å². The highest BCUT2D eigenvalue weighted by Gasteiger charge is 2.35. The Bertz CT molecular complexity index is 2180. The van der Waals surface area contributed by atoms with E-state index in [1.165, 1.54) is 0 Å². The number of carbonyl (C=O) groups excluding carboxylic acids is 1. The number of hydrogen-bond acceptors (Lipinski definition) is 8. The van der Waals surface area contributed by atoms with E-state index in [1.807, 2.05) is 110 Å². The first-order valence-electron chi connectivity index (χ1n) is 19.6. The van der Waals surface area contributed by atoms with E-state index in [9.17, 15) is 23.4 Å². The van der Waals surface area contributed by atoms with Crippen LogP contribution >= 0.6 is 0 Å². The Morgan fingerprint density at radius 2 is 1.53 bits per heavy atom. The molecule has 0 bridgehead atoms. The summed E-state index contributed by atoms with van der Waals surface area (Å²) in [4.78, 5) is 16.2. The number of hydrogen-bond donors (Lipinski definition) is 4. The standard InChI is InChI=1S/C46H51N3O7S/c1-32-13-23-41(24-14-32)57(53,54)48-43(26-33-8-3-2-4-9-33)45(52)47-28-38-10-5-6-12-42(38)35-19-21-37(22-20-35)46-55-40(29-49-25-7-11-39(49)31-51)27-44(56-46)36-17-15-34(30-50)16-18-36/h2-6,8-10,12-24,39-40,43-44,46,48,50-51H,7,11,25-31H2,1H3,(H,47,52). The molecular formula is C46H51N3O7S. The van der Waals surface area contributed by atoms with Gasteiger partial charge in [0.25, 0.3) is 0 Å². The number of sulfonamides is 1. The maximum atomic E-state index is 13.8. The van der Waals surface area contributed by atoms with Gasteiger partial charge in [0, 0.05) is 31.1 Å². The van der Waals surface area contributed by atoms with Crippen molar-refractivity contribution in [2.75, 3.05) is 19.7 Å². The molecule has 10 nitrogen and oxygen atoms in total. The quantitative estimate of drug-likeness (QED) is 0.0963. The molecule has 298 valence electrons. The van der Waals surface area contributed by atoms with Crippen molar-refractivity contribution < 1.29 is 32.9 Å². The molecule has 11 heteroatoms. The lowest BCUT2D eigenvalue weighted by Crippen LogP contribution is -2.47. The normalized spacial score (nSPS) is 20.6. The molecule has 0 aliphatic carbocycles. The molecule has 5 unspecified atom stereocenters. The minimum Gasteiger partial charge on any atom is -0.395 e. The number of rotatable bonds is 15. The number of nitrogens with zero attached hydrogens (tertiary/aromatic N) is 1. The van der Waals surface area contributed by atoms with E-state index >= 15 is 0 Å². The lowest BCUT2D eigenvalue weighted by molar-refractivity contribution is -0.253. The van der Waals surface area contributed by atoms with Gasteiger partial charge < -0.3 is 25.0 Å². The van der Waals surface area contributed by atoms with Crippen molar-refractivity contribution in [1.29, 1.82) is 0 Å². The molecule has 57 heavy (non-hydrogen) atoms. The Morgan fingerprint density at radius 1 is 0.825 bits per heavy atom. The molecule has 2 aliphatic rings. The van der Waals surface area contributed by atoms with Gasteiger partial charge >= 0.3 is 0 Å². The van der Waals surface area contributed by atoms with Gasteiger partial charge in [-0.25, -0.2) is 8.42 Å². The number of likely N-dealkylation sites (tertiary alicyclic amines) is 1. The Hall–Kier alpha value is -4.72. The van der Waals surface area contributed by atoms with Crippen molar-refractivity contribution >= 4 is 15.9 Å². The summed E-state index contributed by atoms with van der Waals surface area (Å²) in [6, 6.07) is 38.7. The second kappa shape index (κ2) is 18.7. The molecule has 5 aromatic carbocycles. The number of amides is 1. The zero-order valence-corrected chi connectivity index (χ0v) is 33.0. The number of carbonyl (C=O) groups is 1. The fourth-order valence-corrected chi connectivity index (χ4v) is 8.92. The predicted molar refractivity (Wildman–Crippen MR) is 219 cm³/mol. The Balaban J connectivity index is 1.07. The summed E-state index contributed by atoms with van der Waals surface area (Å²) in [6.07, 6.45) is 1.93. The van der Waals surface area contributed by atoms with E-state index in [2.05, 4.69) is 14.9 Å². The number of ether oxygens (including phenoxy) is 2. The van der Waals surface area contributed by atoms with E-state index in [-0.39, 0.29) is 49.3 Å². The van der Waals surface area contributed by atoms with Crippen molar-refractivity contribution in [2.45, 2.75) is 81.2 Å². The van der Waals surface area contributed by atoms with Crippen LogP contribution in [-0.4, -0.2) is 67.3 Å². The molecule has 0 aromatic heterocycles. The Morgan fingerprint density at radius 3 is 2.25 bits per heavy atom. The fraction of sp³-hybridized carbons (Fsp3) is 0.326. The van der Waals surface area contributed by atoms with E-state index in [4.69, 9.17) is 9.47 Å². The summed E-state index contributed by atoms with van der Waals surface area (Å²) in [5, 5.41) is 22.6. The first-order chi connectivity index (χ1) is 27.7. The van der Waals surface area contributed by atoms with E-state index in [0.29, 0.717) is 13.0 Å². The minimum absolute atomic E-state index is 0.0234. The van der Waals surface area contributed by atoms with E-state index in [0.717, 1.165) is 63.9 Å². The van der Waals surface area contributed by atoms with Gasteiger partial charge in [-0.1, -0.05) is 121 Å². The van der Waals surface area contributed by atoms with Crippen LogP contribution in [0, 0.1) is 6.92 Å². The average Bonchev–Trinajstić information content (AvgIpc) is 3.70. The van der Waals surface area contributed by atoms with Gasteiger partial charge in [0.05, 0.1) is 30.3 Å². The second-order valence-corrected chi connectivity index (χ2v) is 16.7. The average molecular weight is 790 g/mol. The number of aliphatic hydroxyl groups excluding tert-OH is 2. The highest BCUT2D eigenvalue weighted by Crippen LogP contribution is 2.39. The van der Waals surface area contributed by atoms with Crippen LogP contribution < -0.4 is 10.0 Å². The smallest absolute Gasteiger partial charge is 0.241 e. The molecular weight excluding hydrogens is 739 g/mol. The van der Waals surface area contributed by atoms with Crippen molar-refractivity contribution in [3.8, 4) is 11.1 Å². The number of benzene rings is 5. The Labute approximate surface area is 335 Å². The number of aliphatic hydroxyl groups is 2. The molecule has 5 atom stereocenters. The van der Waals surface area contributed by atoms with Crippen LogP contribution in [-0.2, 0) is 43.9 Å². The van der Waals surface area contributed by atoms with Crippen LogP contribution in [0.4, 0.5) is 0 Å². The van der Waals surface area contributed by atoms with Gasteiger partial charge in [-0.05, 0) is 78.2 Å². The third-order valence-corrected chi connectivity index (χ3v) is 12.4. The van der Waals surface area contributed by atoms with Crippen LogP contribution in [0.5, 0.6) is 0 Å². The largest absolute Gasteiger partial charge is 0.395 e. The molecule has 7 rings (SSSR count). The third kappa shape index (κ3) is 10.2. The predicted octanol–water partition coefficient (Wildman–Crippen LogP) is 6.36. The summed E-state index contributed by atoms with van der Waals surface area (Å²) in [5.74, 6) is -0.430. The monoisotopic (exact) mass is 789 g/mol. The zero-order valence-electron chi connectivity index (χ0n) is 32.2. The van der Waals surface area contributed by atoms with Crippen LogP contribution in [0.25, 0.3) is 11.1 Å². The topological polar surface area (TPSA) is 137 Å². The molecule has 0 spiro atoms. The maximum Gasteiger partial charge on any atom is 0.241 e. The molecule has 0 saturated carbocycles. The SMILES string of the molecule is Cc1ccc(S(=O)(=O)NC(Cc2ccccc2)C(=O)NCc2ccccc2-c2ccc(C3OC(CN4CCCC4CO)CC(c4ccc(CO)cc4)O3)cc2)cc1. The molecule has 2 aliphatic heterocycles. The molecule has 4 N–H and O–H groups in total. The lowest BCUT2D eigenvalue weighted by Gasteiger charge is -2.38. The fourth-order valence-electron chi connectivity index (χ4n) is 7.73. The Kier molecular flexibility index (Phi) is 13.3. The summed E-state index contributed by atoms with van der Waals surface area (Å²) in [7, 11) is -3.98. The molecule has 2 saturated heterocycles. The molecule has 5 aromatic rings. The third-order valence-electron chi connectivity index (χ3n) is 11.0. The van der Waals surface area contributed by atoms with Gasteiger partial charge in [-0.3, -0.25) is 9.69 Å². The van der Waals surface area contributed by atoms with E-state index < -0.39 is 28.3 Å². The molecule has 2 fully saturated rings. The van der Waals surface area contributed by atoms with Crippen molar-refractivity contribution in [2.24, 2.45) is 0 Å². The van der Waals surface area contributed by atoms with Gasteiger partial charge in [0.15, 0.2) is 6.29 Å². The van der Waals surface area contributed by atoms with Crippen LogP contribution in [0.2, 0.25) is 0 Å². The lowest BCUT2D eigenvalue weighted by atomic mass is 9.97. The van der Waals surface area contributed by atoms with Crippen LogP contribution in [0.15, 0.2) is 132 Å². The van der Waals surface area contributed by atoms with Gasteiger partial charge in [0.2, 0.25) is 15.9 Å². The summed E-state index contributed by atoms with van der Waals surface area (Å²) in [6.45, 7) is 3.81. The van der Waals surface area contributed by atoms with Gasteiger partial charge in [-0.15, -0.1) is 0 Å². The van der Waals surface area contributed by atoms with Crippen molar-refractivity contribution in [3.05, 3.63) is 161 Å². The summed E-state index contributed by atoms with van der Waals surface area (Å²) in [5.41, 5.74) is 7.24.